The Labute approximate surface area is 164 Å². The number of thioether (sulfide) groups is 1. The zero-order valence-electron chi connectivity index (χ0n) is 15.4. The van der Waals surface area contributed by atoms with Crippen molar-refractivity contribution < 1.29 is 14.3 Å². The van der Waals surface area contributed by atoms with Crippen molar-refractivity contribution in [3.63, 3.8) is 0 Å². The second-order valence-electron chi connectivity index (χ2n) is 6.38. The highest BCUT2D eigenvalue weighted by Crippen LogP contribution is 2.23. The molecular formula is C21H24N2O3S. The number of nitrogens with zero attached hydrogens (tertiary/aromatic N) is 2. The Balaban J connectivity index is 1.41. The van der Waals surface area contributed by atoms with Crippen LogP contribution in [0.4, 0.5) is 5.69 Å². The molecule has 2 aromatic rings. The van der Waals surface area contributed by atoms with Crippen molar-refractivity contribution in [3.05, 3.63) is 60.7 Å². The minimum atomic E-state index is -0.361. The van der Waals surface area contributed by atoms with E-state index >= 15 is 0 Å². The van der Waals surface area contributed by atoms with Crippen LogP contribution in [0.3, 0.4) is 0 Å². The van der Waals surface area contributed by atoms with Crippen LogP contribution in [-0.4, -0.2) is 54.8 Å². The SMILES string of the molecule is C[C@H](Sc1ccccc1)C(=O)OCC(=O)N1CCN(c2ccccc2)CC1. The molecule has 0 N–H and O–H groups in total. The lowest BCUT2D eigenvalue weighted by atomic mass is 10.2. The average Bonchev–Trinajstić information content (AvgIpc) is 2.73. The minimum absolute atomic E-state index is 0.132. The number of hydrogen-bond acceptors (Lipinski definition) is 5. The van der Waals surface area contributed by atoms with Gasteiger partial charge in [-0.15, -0.1) is 11.8 Å². The number of carbonyl (C=O) groups is 2. The molecule has 1 amide bonds. The van der Waals surface area contributed by atoms with Crippen LogP contribution < -0.4 is 4.90 Å². The van der Waals surface area contributed by atoms with Gasteiger partial charge in [0.15, 0.2) is 6.61 Å². The Bertz CT molecular complexity index is 747. The highest BCUT2D eigenvalue weighted by atomic mass is 32.2. The molecule has 0 spiro atoms. The van der Waals surface area contributed by atoms with Gasteiger partial charge in [-0.3, -0.25) is 9.59 Å². The Morgan fingerprint density at radius 1 is 0.963 bits per heavy atom. The summed E-state index contributed by atoms with van der Waals surface area (Å²) in [6.07, 6.45) is 0. The number of piperazine rings is 1. The van der Waals surface area contributed by atoms with Crippen LogP contribution in [0, 0.1) is 0 Å². The molecule has 2 aromatic carbocycles. The van der Waals surface area contributed by atoms with E-state index < -0.39 is 0 Å². The van der Waals surface area contributed by atoms with Crippen molar-refractivity contribution in [2.24, 2.45) is 0 Å². The molecule has 1 atom stereocenters. The van der Waals surface area contributed by atoms with Gasteiger partial charge in [0.1, 0.15) is 5.25 Å². The number of anilines is 1. The molecule has 0 bridgehead atoms. The topological polar surface area (TPSA) is 49.9 Å². The fraction of sp³-hybridized carbons (Fsp3) is 0.333. The number of para-hydroxylation sites is 1. The third-order valence-electron chi connectivity index (χ3n) is 4.48. The Hall–Kier alpha value is -2.47. The Kier molecular flexibility index (Phi) is 6.76. The lowest BCUT2D eigenvalue weighted by molar-refractivity contribution is -0.151. The van der Waals surface area contributed by atoms with Gasteiger partial charge in [-0.2, -0.15) is 0 Å². The van der Waals surface area contributed by atoms with E-state index in [1.165, 1.54) is 17.4 Å². The molecule has 0 aromatic heterocycles. The molecular weight excluding hydrogens is 360 g/mol. The van der Waals surface area contributed by atoms with E-state index in [0.717, 1.165) is 18.0 Å². The maximum atomic E-state index is 12.4. The second-order valence-corrected chi connectivity index (χ2v) is 7.80. The van der Waals surface area contributed by atoms with Crippen molar-refractivity contribution in [1.29, 1.82) is 0 Å². The molecule has 0 radical (unpaired) electrons. The standard InChI is InChI=1S/C21H24N2O3S/c1-17(27-19-10-6-3-7-11-19)21(25)26-16-20(24)23-14-12-22(13-15-23)18-8-4-2-5-9-18/h2-11,17H,12-16H2,1H3/t17-/m0/s1. The Morgan fingerprint density at radius 2 is 1.56 bits per heavy atom. The number of benzene rings is 2. The summed E-state index contributed by atoms with van der Waals surface area (Å²) in [7, 11) is 0. The molecule has 27 heavy (non-hydrogen) atoms. The van der Waals surface area contributed by atoms with Crippen LogP contribution in [-0.2, 0) is 14.3 Å². The number of ether oxygens (including phenoxy) is 1. The van der Waals surface area contributed by atoms with Crippen LogP contribution in [0.5, 0.6) is 0 Å². The number of amides is 1. The van der Waals surface area contributed by atoms with Crippen molar-refractivity contribution in [1.82, 2.24) is 4.90 Å². The molecule has 6 heteroatoms. The average molecular weight is 385 g/mol. The summed E-state index contributed by atoms with van der Waals surface area (Å²) in [6, 6.07) is 19.9. The van der Waals surface area contributed by atoms with Gasteiger partial charge in [-0.1, -0.05) is 36.4 Å². The van der Waals surface area contributed by atoms with Crippen molar-refractivity contribution in [3.8, 4) is 0 Å². The van der Waals surface area contributed by atoms with Gasteiger partial charge < -0.3 is 14.5 Å². The van der Waals surface area contributed by atoms with Crippen LogP contribution in [0.2, 0.25) is 0 Å². The summed E-state index contributed by atoms with van der Waals surface area (Å²) in [4.78, 5) is 29.5. The number of rotatable bonds is 6. The summed E-state index contributed by atoms with van der Waals surface area (Å²) in [5.74, 6) is -0.493. The number of hydrogen-bond donors (Lipinski definition) is 0. The fourth-order valence-electron chi connectivity index (χ4n) is 2.95. The van der Waals surface area contributed by atoms with Crippen molar-refractivity contribution in [2.45, 2.75) is 17.1 Å². The maximum Gasteiger partial charge on any atom is 0.319 e. The second kappa shape index (κ2) is 9.46. The first kappa shape index (κ1) is 19.3. The molecule has 0 unspecified atom stereocenters. The molecule has 1 heterocycles. The molecule has 1 aliphatic rings. The van der Waals surface area contributed by atoms with Crippen LogP contribution in [0.25, 0.3) is 0 Å². The number of esters is 1. The third kappa shape index (κ3) is 5.50. The van der Waals surface area contributed by atoms with Gasteiger partial charge in [-0.25, -0.2) is 0 Å². The van der Waals surface area contributed by atoms with E-state index in [9.17, 15) is 9.59 Å². The monoisotopic (exact) mass is 384 g/mol. The molecule has 1 fully saturated rings. The molecule has 1 aliphatic heterocycles. The first-order valence-electron chi connectivity index (χ1n) is 9.09. The van der Waals surface area contributed by atoms with Crippen LogP contribution in [0.1, 0.15) is 6.92 Å². The van der Waals surface area contributed by atoms with Gasteiger partial charge in [0.2, 0.25) is 0 Å². The van der Waals surface area contributed by atoms with E-state index in [4.69, 9.17) is 4.74 Å². The van der Waals surface area contributed by atoms with Crippen molar-refractivity contribution >= 4 is 29.3 Å². The minimum Gasteiger partial charge on any atom is -0.455 e. The highest BCUT2D eigenvalue weighted by molar-refractivity contribution is 8.00. The quantitative estimate of drug-likeness (QED) is 0.566. The predicted molar refractivity (Wildman–Crippen MR) is 108 cm³/mol. The van der Waals surface area contributed by atoms with Gasteiger partial charge in [0, 0.05) is 36.8 Å². The van der Waals surface area contributed by atoms with Crippen molar-refractivity contribution in [2.75, 3.05) is 37.7 Å². The molecule has 142 valence electrons. The molecule has 0 saturated carbocycles. The lowest BCUT2D eigenvalue weighted by Gasteiger charge is -2.36. The fourth-order valence-corrected chi connectivity index (χ4v) is 3.83. The smallest absolute Gasteiger partial charge is 0.319 e. The first-order valence-corrected chi connectivity index (χ1v) is 9.97. The molecule has 0 aliphatic carbocycles. The first-order chi connectivity index (χ1) is 13.1. The van der Waals surface area contributed by atoms with Gasteiger partial charge in [0.25, 0.3) is 5.91 Å². The lowest BCUT2D eigenvalue weighted by Crippen LogP contribution is -2.50. The molecule has 5 nitrogen and oxygen atoms in total. The molecule has 3 rings (SSSR count). The summed E-state index contributed by atoms with van der Waals surface area (Å²) in [5.41, 5.74) is 1.17. The summed E-state index contributed by atoms with van der Waals surface area (Å²) < 4.78 is 5.24. The normalized spacial score (nSPS) is 15.3. The number of carbonyl (C=O) groups excluding carboxylic acids is 2. The zero-order chi connectivity index (χ0) is 19.1. The summed E-state index contributed by atoms with van der Waals surface area (Å²) in [6.45, 7) is 4.44. The van der Waals surface area contributed by atoms with Crippen LogP contribution >= 0.6 is 11.8 Å². The van der Waals surface area contributed by atoms with Gasteiger partial charge in [-0.05, 0) is 31.2 Å². The van der Waals surface area contributed by atoms with Gasteiger partial charge >= 0.3 is 5.97 Å². The maximum absolute atomic E-state index is 12.4. The van der Waals surface area contributed by atoms with Gasteiger partial charge in [0.05, 0.1) is 0 Å². The highest BCUT2D eigenvalue weighted by Gasteiger charge is 2.23. The van der Waals surface area contributed by atoms with E-state index in [0.29, 0.717) is 13.1 Å². The summed E-state index contributed by atoms with van der Waals surface area (Å²) >= 11 is 1.43. The molecule has 1 saturated heterocycles. The van der Waals surface area contributed by atoms with E-state index in [2.05, 4.69) is 17.0 Å². The summed E-state index contributed by atoms with van der Waals surface area (Å²) in [5, 5.41) is -0.352. The predicted octanol–water partition coefficient (Wildman–Crippen LogP) is 3.06. The van der Waals surface area contributed by atoms with E-state index in [-0.39, 0.29) is 23.7 Å². The van der Waals surface area contributed by atoms with E-state index in [1.807, 2.05) is 48.5 Å². The van der Waals surface area contributed by atoms with E-state index in [1.54, 1.807) is 11.8 Å². The Morgan fingerprint density at radius 3 is 2.19 bits per heavy atom. The largest absolute Gasteiger partial charge is 0.455 e. The van der Waals surface area contributed by atoms with Crippen LogP contribution in [0.15, 0.2) is 65.6 Å². The third-order valence-corrected chi connectivity index (χ3v) is 5.57. The zero-order valence-corrected chi connectivity index (χ0v) is 16.2.